The Kier molecular flexibility index (Phi) is 6.83. The number of hydrogen-bond donors (Lipinski definition) is 1. The zero-order valence-corrected chi connectivity index (χ0v) is 22.1. The average Bonchev–Trinajstić information content (AvgIpc) is 3.45. The molecule has 0 spiro atoms. The van der Waals surface area contributed by atoms with Crippen LogP contribution >= 0.6 is 11.3 Å². The number of anilines is 1. The molecule has 0 aliphatic carbocycles. The molecule has 1 atom stereocenters. The third-order valence-corrected chi connectivity index (χ3v) is 7.23. The van der Waals surface area contributed by atoms with Gasteiger partial charge in [-0.1, -0.05) is 31.3 Å². The van der Waals surface area contributed by atoms with Crippen LogP contribution in [-0.4, -0.2) is 38.3 Å². The van der Waals surface area contributed by atoms with Crippen molar-refractivity contribution in [2.24, 2.45) is 5.92 Å². The minimum Gasteiger partial charge on any atom is -0.507 e. The summed E-state index contributed by atoms with van der Waals surface area (Å²) in [7, 11) is 0. The Hall–Kier alpha value is -4.64. The number of Topliss-reactive ketones (excluding diaryl/α,β-unsaturated/α-hetero) is 1. The van der Waals surface area contributed by atoms with Gasteiger partial charge in [0, 0.05) is 23.9 Å². The van der Waals surface area contributed by atoms with E-state index in [2.05, 4.69) is 9.97 Å². The molecule has 4 aromatic rings. The van der Waals surface area contributed by atoms with Gasteiger partial charge in [-0.3, -0.25) is 29.6 Å². The first kappa shape index (κ1) is 26.0. The SMILES string of the molecule is Cc1cc(/C(O)=C2\C(=O)C(=O)N(c3nc4ccc([N+](=O)[O-])cc4s3)C2c2ccccn2)ccc1OCC(C)C. The van der Waals surface area contributed by atoms with Gasteiger partial charge >= 0.3 is 5.91 Å². The van der Waals surface area contributed by atoms with Crippen LogP contribution in [0.15, 0.2) is 66.4 Å². The maximum Gasteiger partial charge on any atom is 0.301 e. The Morgan fingerprint density at radius 1 is 1.18 bits per heavy atom. The molecule has 0 saturated carbocycles. The number of hydrogen-bond acceptors (Lipinski definition) is 9. The van der Waals surface area contributed by atoms with E-state index in [1.807, 2.05) is 20.8 Å². The van der Waals surface area contributed by atoms with Crippen LogP contribution in [0.25, 0.3) is 16.0 Å². The summed E-state index contributed by atoms with van der Waals surface area (Å²) in [5.74, 6) is -1.12. The van der Waals surface area contributed by atoms with Gasteiger partial charge < -0.3 is 9.84 Å². The number of nitro benzene ring substituents is 1. The fourth-order valence-electron chi connectivity index (χ4n) is 4.34. The number of ether oxygens (including phenoxy) is 1. The number of pyridine rings is 1. The Morgan fingerprint density at radius 3 is 2.64 bits per heavy atom. The number of fused-ring (bicyclic) bond motifs is 1. The summed E-state index contributed by atoms with van der Waals surface area (Å²) >= 11 is 1.04. The molecule has 10 nitrogen and oxygen atoms in total. The molecule has 1 saturated heterocycles. The first-order valence-electron chi connectivity index (χ1n) is 12.2. The Bertz CT molecular complexity index is 1650. The molecule has 2 aromatic carbocycles. The lowest BCUT2D eigenvalue weighted by atomic mass is 9.97. The van der Waals surface area contributed by atoms with Crippen LogP contribution in [0.2, 0.25) is 0 Å². The van der Waals surface area contributed by atoms with Crippen LogP contribution in [0.3, 0.4) is 0 Å². The number of rotatable bonds is 7. The lowest BCUT2D eigenvalue weighted by molar-refractivity contribution is -0.384. The van der Waals surface area contributed by atoms with Gasteiger partial charge in [-0.05, 0) is 54.8 Å². The van der Waals surface area contributed by atoms with Crippen molar-refractivity contribution < 1.29 is 24.4 Å². The van der Waals surface area contributed by atoms with Crippen LogP contribution in [0.4, 0.5) is 10.8 Å². The highest BCUT2D eigenvalue weighted by Gasteiger charge is 2.48. The number of aliphatic hydroxyl groups excluding tert-OH is 1. The number of non-ortho nitro benzene ring substituents is 1. The minimum absolute atomic E-state index is 0.114. The molecule has 1 unspecified atom stereocenters. The van der Waals surface area contributed by atoms with E-state index >= 15 is 0 Å². The summed E-state index contributed by atoms with van der Waals surface area (Å²) in [4.78, 5) is 47.6. The zero-order valence-electron chi connectivity index (χ0n) is 21.3. The van der Waals surface area contributed by atoms with E-state index in [9.17, 15) is 24.8 Å². The van der Waals surface area contributed by atoms with E-state index in [0.717, 1.165) is 16.9 Å². The molecule has 5 rings (SSSR count). The highest BCUT2D eigenvalue weighted by atomic mass is 32.1. The summed E-state index contributed by atoms with van der Waals surface area (Å²) in [5.41, 5.74) is 1.67. The molecule has 1 aliphatic rings. The Balaban J connectivity index is 1.63. The molecule has 1 amide bonds. The van der Waals surface area contributed by atoms with Crippen molar-refractivity contribution in [1.29, 1.82) is 0 Å². The van der Waals surface area contributed by atoms with Crippen LogP contribution in [-0.2, 0) is 9.59 Å². The number of nitro groups is 1. The van der Waals surface area contributed by atoms with Crippen molar-refractivity contribution in [2.75, 3.05) is 11.5 Å². The van der Waals surface area contributed by atoms with Crippen molar-refractivity contribution >= 4 is 49.8 Å². The molecule has 1 N–H and O–H groups in total. The molecule has 0 radical (unpaired) electrons. The second-order valence-corrected chi connectivity index (χ2v) is 10.5. The molecule has 1 fully saturated rings. The van der Waals surface area contributed by atoms with Crippen LogP contribution in [0, 0.1) is 23.0 Å². The van der Waals surface area contributed by atoms with Gasteiger partial charge in [-0.2, -0.15) is 0 Å². The van der Waals surface area contributed by atoms with Gasteiger partial charge in [0.25, 0.3) is 11.5 Å². The number of carbonyl (C=O) groups excluding carboxylic acids is 2. The zero-order chi connectivity index (χ0) is 27.8. The summed E-state index contributed by atoms with van der Waals surface area (Å²) in [6.07, 6.45) is 1.53. The molecular formula is C28H24N4O6S. The van der Waals surface area contributed by atoms with Crippen LogP contribution in [0.1, 0.15) is 36.7 Å². The monoisotopic (exact) mass is 544 g/mol. The van der Waals surface area contributed by atoms with E-state index in [-0.39, 0.29) is 22.2 Å². The topological polar surface area (TPSA) is 136 Å². The third kappa shape index (κ3) is 4.84. The van der Waals surface area contributed by atoms with Crippen LogP contribution in [0.5, 0.6) is 5.75 Å². The van der Waals surface area contributed by atoms with Crippen molar-refractivity contribution in [3.05, 3.63) is 93.3 Å². The lowest BCUT2D eigenvalue weighted by Crippen LogP contribution is -2.29. The minimum atomic E-state index is -1.06. The largest absolute Gasteiger partial charge is 0.507 e. The number of ketones is 1. The molecule has 198 valence electrons. The quantitative estimate of drug-likeness (QED) is 0.105. The Labute approximate surface area is 227 Å². The van der Waals surface area contributed by atoms with Gasteiger partial charge in [0.1, 0.15) is 17.6 Å². The molecule has 1 aliphatic heterocycles. The highest BCUT2D eigenvalue weighted by molar-refractivity contribution is 7.22. The predicted molar refractivity (Wildman–Crippen MR) is 147 cm³/mol. The van der Waals surface area contributed by atoms with Crippen molar-refractivity contribution in [1.82, 2.24) is 9.97 Å². The molecule has 3 heterocycles. The second-order valence-electron chi connectivity index (χ2n) is 9.51. The highest BCUT2D eigenvalue weighted by Crippen LogP contribution is 2.44. The van der Waals surface area contributed by atoms with Crippen molar-refractivity contribution in [3.63, 3.8) is 0 Å². The third-order valence-electron chi connectivity index (χ3n) is 6.21. The van der Waals surface area contributed by atoms with E-state index < -0.39 is 22.7 Å². The van der Waals surface area contributed by atoms with E-state index in [4.69, 9.17) is 4.74 Å². The molecule has 2 aromatic heterocycles. The van der Waals surface area contributed by atoms with Gasteiger partial charge in [0.2, 0.25) is 0 Å². The standard InChI is InChI=1S/C28H24N4O6S/c1-15(2)14-38-21-10-7-17(12-16(21)3)25(33)23-24(20-6-4-5-11-29-20)31(27(35)26(23)34)28-30-19-9-8-18(32(36)37)13-22(19)39-28/h4-13,15,24,33H,14H2,1-3H3/b25-23+. The summed E-state index contributed by atoms with van der Waals surface area (Å²) in [6.45, 7) is 6.45. The van der Waals surface area contributed by atoms with Crippen molar-refractivity contribution in [3.8, 4) is 5.75 Å². The van der Waals surface area contributed by atoms with E-state index in [1.165, 1.54) is 29.3 Å². The van der Waals surface area contributed by atoms with E-state index in [1.54, 1.807) is 36.4 Å². The van der Waals surface area contributed by atoms with Crippen LogP contribution < -0.4 is 9.64 Å². The normalized spacial score (nSPS) is 16.8. The number of aryl methyl sites for hydroxylation is 1. The fourth-order valence-corrected chi connectivity index (χ4v) is 5.36. The van der Waals surface area contributed by atoms with Gasteiger partial charge in [0.15, 0.2) is 5.13 Å². The van der Waals surface area contributed by atoms with Gasteiger partial charge in [-0.25, -0.2) is 4.98 Å². The Morgan fingerprint density at radius 2 is 1.97 bits per heavy atom. The average molecular weight is 545 g/mol. The molecule has 39 heavy (non-hydrogen) atoms. The maximum atomic E-state index is 13.4. The summed E-state index contributed by atoms with van der Waals surface area (Å²) in [6, 6.07) is 13.3. The van der Waals surface area contributed by atoms with Crippen molar-refractivity contribution in [2.45, 2.75) is 26.8 Å². The number of benzene rings is 2. The number of amides is 1. The number of nitrogens with zero attached hydrogens (tertiary/aromatic N) is 4. The number of aliphatic hydroxyl groups is 1. The molecule has 11 heteroatoms. The summed E-state index contributed by atoms with van der Waals surface area (Å²) in [5, 5.41) is 22.8. The molecular weight excluding hydrogens is 520 g/mol. The maximum absolute atomic E-state index is 13.4. The number of thiazole rings is 1. The fraction of sp³-hybridized carbons (Fsp3) is 0.214. The van der Waals surface area contributed by atoms with Gasteiger partial charge in [0.05, 0.1) is 33.0 Å². The smallest absolute Gasteiger partial charge is 0.301 e. The summed E-state index contributed by atoms with van der Waals surface area (Å²) < 4.78 is 6.31. The lowest BCUT2D eigenvalue weighted by Gasteiger charge is -2.22. The van der Waals surface area contributed by atoms with Gasteiger partial charge in [-0.15, -0.1) is 0 Å². The van der Waals surface area contributed by atoms with E-state index in [0.29, 0.717) is 39.7 Å². The first-order chi connectivity index (χ1) is 18.7. The predicted octanol–water partition coefficient (Wildman–Crippen LogP) is 5.57. The first-order valence-corrected chi connectivity index (χ1v) is 13.0. The molecule has 0 bridgehead atoms. The second kappa shape index (κ2) is 10.3. The number of aromatic nitrogens is 2. The number of carbonyl (C=O) groups is 2.